The van der Waals surface area contributed by atoms with E-state index in [2.05, 4.69) is 34.5 Å². The highest BCUT2D eigenvalue weighted by molar-refractivity contribution is 7.98. The Kier molecular flexibility index (Phi) is 9.07. The molecule has 9 heteroatoms. The van der Waals surface area contributed by atoms with Gasteiger partial charge < -0.3 is 15.2 Å². The summed E-state index contributed by atoms with van der Waals surface area (Å²) in [5, 5.41) is 20.8. The molecule has 8 nitrogen and oxygen atoms in total. The normalized spacial score (nSPS) is 16.2. The Balaban J connectivity index is 1.50. The molecule has 0 radical (unpaired) electrons. The number of morpholine rings is 1. The lowest BCUT2D eigenvalue weighted by atomic mass is 10.1. The number of nitrogens with zero attached hydrogens (tertiary/aromatic N) is 1. The maximum atomic E-state index is 12.3. The zero-order valence-corrected chi connectivity index (χ0v) is 18.8. The molecular formula is C23H29N3O5S. The van der Waals surface area contributed by atoms with E-state index in [1.54, 1.807) is 23.9 Å². The van der Waals surface area contributed by atoms with Crippen molar-refractivity contribution in [2.75, 3.05) is 26.3 Å². The van der Waals surface area contributed by atoms with E-state index in [1.165, 1.54) is 23.5 Å². The summed E-state index contributed by atoms with van der Waals surface area (Å²) in [5.41, 5.74) is 4.32. The van der Waals surface area contributed by atoms with Gasteiger partial charge in [0.1, 0.15) is 6.04 Å². The van der Waals surface area contributed by atoms with Gasteiger partial charge >= 0.3 is 0 Å². The number of thioether (sulfide) groups is 1. The molecule has 2 amide bonds. The third-order valence-corrected chi connectivity index (χ3v) is 6.30. The van der Waals surface area contributed by atoms with Gasteiger partial charge in [0.2, 0.25) is 0 Å². The van der Waals surface area contributed by atoms with Crippen molar-refractivity contribution in [1.29, 1.82) is 0 Å². The smallest absolute Gasteiger partial charge is 0.268 e. The zero-order chi connectivity index (χ0) is 22.9. The van der Waals surface area contributed by atoms with Crippen LogP contribution in [0.4, 0.5) is 0 Å². The Labute approximate surface area is 191 Å². The van der Waals surface area contributed by atoms with E-state index in [0.29, 0.717) is 5.56 Å². The van der Waals surface area contributed by atoms with Crippen LogP contribution in [-0.2, 0) is 21.8 Å². The number of nitrogens with one attached hydrogen (secondary N) is 2. The zero-order valence-electron chi connectivity index (χ0n) is 18.0. The van der Waals surface area contributed by atoms with Crippen LogP contribution >= 0.6 is 11.8 Å². The summed E-state index contributed by atoms with van der Waals surface area (Å²) >= 11 is 1.67. The number of hydrogen-bond donors (Lipinski definition) is 4. The number of benzene rings is 2. The van der Waals surface area contributed by atoms with Crippen LogP contribution in [0.2, 0.25) is 0 Å². The number of ether oxygens (including phenoxy) is 1. The van der Waals surface area contributed by atoms with Crippen molar-refractivity contribution in [1.82, 2.24) is 15.7 Å². The van der Waals surface area contributed by atoms with Gasteiger partial charge in [-0.2, -0.15) is 0 Å². The Morgan fingerprint density at radius 2 is 1.69 bits per heavy atom. The minimum Gasteiger partial charge on any atom is -0.391 e. The molecule has 172 valence electrons. The van der Waals surface area contributed by atoms with E-state index in [-0.39, 0.29) is 0 Å². The Morgan fingerprint density at radius 3 is 2.28 bits per heavy atom. The average molecular weight is 460 g/mol. The first-order valence-electron chi connectivity index (χ1n) is 10.5. The lowest BCUT2D eigenvalue weighted by molar-refractivity contribution is -0.133. The minimum absolute atomic E-state index is 0.359. The lowest BCUT2D eigenvalue weighted by Crippen LogP contribution is -2.51. The van der Waals surface area contributed by atoms with E-state index in [0.717, 1.165) is 43.5 Å². The number of hydroxylamine groups is 1. The predicted octanol–water partition coefficient (Wildman–Crippen LogP) is 1.80. The van der Waals surface area contributed by atoms with Gasteiger partial charge in [0.25, 0.3) is 11.8 Å². The van der Waals surface area contributed by atoms with Crippen LogP contribution in [0.3, 0.4) is 0 Å². The van der Waals surface area contributed by atoms with Crippen LogP contribution in [0.15, 0.2) is 53.4 Å². The molecule has 2 aromatic carbocycles. The van der Waals surface area contributed by atoms with Crippen molar-refractivity contribution < 1.29 is 24.6 Å². The molecule has 1 heterocycles. The second-order valence-electron chi connectivity index (χ2n) is 7.69. The number of aliphatic hydroxyl groups excluding tert-OH is 1. The number of hydrogen-bond acceptors (Lipinski definition) is 7. The van der Waals surface area contributed by atoms with Crippen molar-refractivity contribution in [3.63, 3.8) is 0 Å². The Bertz CT molecular complexity index is 884. The number of amides is 2. The number of aliphatic hydroxyl groups is 1. The first-order valence-corrected chi connectivity index (χ1v) is 11.5. The van der Waals surface area contributed by atoms with Gasteiger partial charge in [-0.05, 0) is 42.3 Å². The topological polar surface area (TPSA) is 111 Å². The number of carbonyl (C=O) groups excluding carboxylic acids is 2. The highest BCUT2D eigenvalue weighted by Gasteiger charge is 2.25. The quantitative estimate of drug-likeness (QED) is 0.257. The summed E-state index contributed by atoms with van der Waals surface area (Å²) in [4.78, 5) is 27.3. The van der Waals surface area contributed by atoms with E-state index in [1.807, 2.05) is 12.1 Å². The third kappa shape index (κ3) is 7.04. The highest BCUT2D eigenvalue weighted by atomic mass is 32.2. The molecule has 1 fully saturated rings. The lowest BCUT2D eigenvalue weighted by Gasteiger charge is -2.26. The maximum absolute atomic E-state index is 12.3. The fourth-order valence-electron chi connectivity index (χ4n) is 3.33. The fraction of sp³-hybridized carbons (Fsp3) is 0.391. The molecule has 1 aliphatic rings. The molecule has 4 N–H and O–H groups in total. The number of carbonyl (C=O) groups is 2. The average Bonchev–Trinajstić information content (AvgIpc) is 2.82. The van der Waals surface area contributed by atoms with Gasteiger partial charge in [0.05, 0.1) is 19.3 Å². The third-order valence-electron chi connectivity index (χ3n) is 5.22. The SMILES string of the molecule is CC(O)C(NC(=O)c1ccc(SCc2ccc(CN3CCOCC3)cc2)cc1)C(=O)NO. The molecule has 0 aromatic heterocycles. The van der Waals surface area contributed by atoms with Gasteiger partial charge in [-0.1, -0.05) is 24.3 Å². The van der Waals surface area contributed by atoms with Crippen LogP contribution in [0.5, 0.6) is 0 Å². The van der Waals surface area contributed by atoms with Gasteiger partial charge in [0, 0.05) is 35.8 Å². The monoisotopic (exact) mass is 459 g/mol. The molecule has 2 unspecified atom stereocenters. The molecule has 1 saturated heterocycles. The minimum atomic E-state index is -1.24. The predicted molar refractivity (Wildman–Crippen MR) is 121 cm³/mol. The van der Waals surface area contributed by atoms with Crippen molar-refractivity contribution in [2.45, 2.75) is 36.3 Å². The second kappa shape index (κ2) is 12.0. The van der Waals surface area contributed by atoms with Gasteiger partial charge in [-0.3, -0.25) is 19.7 Å². The number of rotatable bonds is 9. The van der Waals surface area contributed by atoms with Gasteiger partial charge in [-0.25, -0.2) is 5.48 Å². The molecule has 0 spiro atoms. The summed E-state index contributed by atoms with van der Waals surface area (Å²) < 4.78 is 5.39. The van der Waals surface area contributed by atoms with E-state index < -0.39 is 24.0 Å². The van der Waals surface area contributed by atoms with Crippen molar-refractivity contribution in [3.05, 3.63) is 65.2 Å². The van der Waals surface area contributed by atoms with Gasteiger partial charge in [-0.15, -0.1) is 11.8 Å². The Morgan fingerprint density at radius 1 is 1.06 bits per heavy atom. The molecule has 3 rings (SSSR count). The summed E-state index contributed by atoms with van der Waals surface area (Å²) in [6.07, 6.45) is -1.15. The molecule has 0 bridgehead atoms. The summed E-state index contributed by atoms with van der Waals surface area (Å²) in [6, 6.07) is 14.4. The van der Waals surface area contributed by atoms with Crippen molar-refractivity contribution >= 4 is 23.6 Å². The van der Waals surface area contributed by atoms with Gasteiger partial charge in [0.15, 0.2) is 0 Å². The Hall–Kier alpha value is -2.43. The first-order chi connectivity index (χ1) is 15.5. The van der Waals surface area contributed by atoms with Crippen molar-refractivity contribution in [2.24, 2.45) is 0 Å². The van der Waals surface area contributed by atoms with Crippen molar-refractivity contribution in [3.8, 4) is 0 Å². The van der Waals surface area contributed by atoms with E-state index in [9.17, 15) is 14.7 Å². The molecular weight excluding hydrogens is 430 g/mol. The standard InChI is InChI=1S/C23H29N3O5S/c1-16(27)21(23(29)25-30)24-22(28)19-6-8-20(9-7-19)32-15-18-4-2-17(3-5-18)14-26-10-12-31-13-11-26/h2-9,16,21,27,30H,10-15H2,1H3,(H,24,28)(H,25,29). The van der Waals surface area contributed by atoms with E-state index in [4.69, 9.17) is 9.94 Å². The van der Waals surface area contributed by atoms with Crippen LogP contribution in [0.1, 0.15) is 28.4 Å². The largest absolute Gasteiger partial charge is 0.391 e. The summed E-state index contributed by atoms with van der Waals surface area (Å²) in [7, 11) is 0. The molecule has 1 aliphatic heterocycles. The molecule has 32 heavy (non-hydrogen) atoms. The summed E-state index contributed by atoms with van der Waals surface area (Å²) in [6.45, 7) is 5.84. The molecule has 2 aromatic rings. The summed E-state index contributed by atoms with van der Waals surface area (Å²) in [5.74, 6) is -0.576. The van der Waals surface area contributed by atoms with Crippen LogP contribution in [0.25, 0.3) is 0 Å². The molecule has 0 aliphatic carbocycles. The molecule has 2 atom stereocenters. The maximum Gasteiger partial charge on any atom is 0.268 e. The van der Waals surface area contributed by atoms with Crippen LogP contribution in [0, 0.1) is 0 Å². The van der Waals surface area contributed by atoms with Crippen LogP contribution < -0.4 is 10.8 Å². The highest BCUT2D eigenvalue weighted by Crippen LogP contribution is 2.23. The second-order valence-corrected chi connectivity index (χ2v) is 8.73. The first kappa shape index (κ1) is 24.2. The fourth-order valence-corrected chi connectivity index (χ4v) is 4.18. The van der Waals surface area contributed by atoms with E-state index >= 15 is 0 Å². The van der Waals surface area contributed by atoms with Crippen LogP contribution in [-0.4, -0.2) is 65.5 Å². The molecule has 0 saturated carbocycles.